The Morgan fingerprint density at radius 3 is 2.44 bits per heavy atom. The van der Waals surface area contributed by atoms with Crippen LogP contribution in [0.5, 0.6) is 17.2 Å². The number of hydrogen-bond acceptors (Lipinski definition) is 8. The molecule has 2 aromatic heterocycles. The number of fused-ring (bicyclic) bond motifs is 1. The summed E-state index contributed by atoms with van der Waals surface area (Å²) in [4.78, 5) is 36.6. The molecule has 0 bridgehead atoms. The van der Waals surface area contributed by atoms with Gasteiger partial charge >= 0.3 is 11.9 Å². The fourth-order valence-corrected chi connectivity index (χ4v) is 2.84. The van der Waals surface area contributed by atoms with Crippen LogP contribution in [0, 0.1) is 0 Å². The first-order valence-corrected chi connectivity index (χ1v) is 9.81. The summed E-state index contributed by atoms with van der Waals surface area (Å²) >= 11 is 0. The lowest BCUT2D eigenvalue weighted by Crippen LogP contribution is -2.08. The van der Waals surface area contributed by atoms with E-state index in [0.717, 1.165) is 6.42 Å². The molecule has 8 heteroatoms. The summed E-state index contributed by atoms with van der Waals surface area (Å²) in [6.07, 6.45) is 3.27. The fourth-order valence-electron chi connectivity index (χ4n) is 2.84. The van der Waals surface area contributed by atoms with E-state index in [0.29, 0.717) is 17.9 Å². The molecule has 2 aromatic carbocycles. The van der Waals surface area contributed by atoms with Gasteiger partial charge in [0, 0.05) is 6.07 Å². The second-order valence-corrected chi connectivity index (χ2v) is 6.72. The van der Waals surface area contributed by atoms with Crippen LogP contribution in [0.1, 0.15) is 34.3 Å². The minimum atomic E-state index is -0.668. The lowest BCUT2D eigenvalue weighted by atomic mass is 10.2. The number of furan rings is 1. The van der Waals surface area contributed by atoms with Gasteiger partial charge < -0.3 is 23.0 Å². The minimum absolute atomic E-state index is 0.0286. The molecule has 162 valence electrons. The normalized spacial score (nSPS) is 10.7. The van der Waals surface area contributed by atoms with Crippen LogP contribution in [0.4, 0.5) is 0 Å². The molecule has 0 spiro atoms. The van der Waals surface area contributed by atoms with Gasteiger partial charge in [0.1, 0.15) is 23.3 Å². The van der Waals surface area contributed by atoms with Crippen LogP contribution < -0.4 is 14.9 Å². The SMILES string of the molecule is CCCOC(=O)c1ccc(Oc2coc3cc(OC(=O)c4ccco4)ccc3c2=O)cc1. The lowest BCUT2D eigenvalue weighted by Gasteiger charge is -2.08. The van der Waals surface area contributed by atoms with E-state index < -0.39 is 17.4 Å². The quantitative estimate of drug-likeness (QED) is 0.297. The maximum absolute atomic E-state index is 12.8. The molecule has 0 unspecified atom stereocenters. The second-order valence-electron chi connectivity index (χ2n) is 6.72. The monoisotopic (exact) mass is 434 g/mol. The Kier molecular flexibility index (Phi) is 6.03. The van der Waals surface area contributed by atoms with Crippen molar-refractivity contribution in [2.75, 3.05) is 6.61 Å². The predicted octanol–water partition coefficient (Wildman–Crippen LogP) is 4.96. The van der Waals surface area contributed by atoms with E-state index >= 15 is 0 Å². The van der Waals surface area contributed by atoms with E-state index in [2.05, 4.69) is 0 Å². The topological polar surface area (TPSA) is 105 Å². The van der Waals surface area contributed by atoms with E-state index in [1.165, 1.54) is 36.8 Å². The number of benzene rings is 2. The Hall–Kier alpha value is -4.33. The summed E-state index contributed by atoms with van der Waals surface area (Å²) in [6.45, 7) is 2.26. The molecule has 4 aromatic rings. The molecule has 0 atom stereocenters. The number of hydrogen-bond donors (Lipinski definition) is 0. The maximum atomic E-state index is 12.8. The van der Waals surface area contributed by atoms with Gasteiger partial charge in [-0.05, 0) is 55.0 Å². The Labute approximate surface area is 181 Å². The molecule has 0 saturated carbocycles. The van der Waals surface area contributed by atoms with Gasteiger partial charge in [0.2, 0.25) is 16.9 Å². The van der Waals surface area contributed by atoms with Gasteiger partial charge in [-0.3, -0.25) is 4.79 Å². The number of carbonyl (C=O) groups is 2. The van der Waals surface area contributed by atoms with Gasteiger partial charge in [-0.15, -0.1) is 0 Å². The van der Waals surface area contributed by atoms with Crippen LogP contribution in [-0.2, 0) is 4.74 Å². The molecule has 2 heterocycles. The molecule has 0 saturated heterocycles. The van der Waals surface area contributed by atoms with Gasteiger partial charge in [-0.1, -0.05) is 6.92 Å². The fraction of sp³-hybridized carbons (Fsp3) is 0.125. The molecule has 0 aliphatic carbocycles. The van der Waals surface area contributed by atoms with Crippen molar-refractivity contribution in [1.82, 2.24) is 0 Å². The predicted molar refractivity (Wildman–Crippen MR) is 113 cm³/mol. The van der Waals surface area contributed by atoms with Crippen LogP contribution in [0.3, 0.4) is 0 Å². The third-order valence-electron chi connectivity index (χ3n) is 4.40. The maximum Gasteiger partial charge on any atom is 0.379 e. The molecule has 0 aliphatic rings. The Balaban J connectivity index is 1.50. The van der Waals surface area contributed by atoms with Crippen molar-refractivity contribution in [3.63, 3.8) is 0 Å². The molecular formula is C24H18O8. The van der Waals surface area contributed by atoms with Crippen molar-refractivity contribution in [2.45, 2.75) is 13.3 Å². The average molecular weight is 434 g/mol. The summed E-state index contributed by atoms with van der Waals surface area (Å²) in [6, 6.07) is 13.7. The van der Waals surface area contributed by atoms with Crippen molar-refractivity contribution in [3.05, 3.63) is 88.7 Å². The molecule has 0 amide bonds. The minimum Gasteiger partial charge on any atom is -0.462 e. The third kappa shape index (κ3) is 4.54. The first-order chi connectivity index (χ1) is 15.5. The van der Waals surface area contributed by atoms with Crippen LogP contribution in [0.25, 0.3) is 11.0 Å². The van der Waals surface area contributed by atoms with E-state index in [9.17, 15) is 14.4 Å². The van der Waals surface area contributed by atoms with Crippen molar-refractivity contribution < 1.29 is 32.6 Å². The zero-order valence-corrected chi connectivity index (χ0v) is 17.0. The van der Waals surface area contributed by atoms with Crippen molar-refractivity contribution in [2.24, 2.45) is 0 Å². The van der Waals surface area contributed by atoms with Crippen LogP contribution >= 0.6 is 0 Å². The molecule has 4 rings (SSSR count). The lowest BCUT2D eigenvalue weighted by molar-refractivity contribution is 0.0504. The molecule has 0 fully saturated rings. The van der Waals surface area contributed by atoms with E-state index in [-0.39, 0.29) is 28.2 Å². The van der Waals surface area contributed by atoms with Gasteiger partial charge in [0.05, 0.1) is 23.8 Å². The van der Waals surface area contributed by atoms with Gasteiger partial charge in [0.15, 0.2) is 0 Å². The number of ether oxygens (including phenoxy) is 3. The van der Waals surface area contributed by atoms with Gasteiger partial charge in [-0.2, -0.15) is 0 Å². The molecule has 8 nitrogen and oxygen atoms in total. The third-order valence-corrected chi connectivity index (χ3v) is 4.40. The van der Waals surface area contributed by atoms with Crippen molar-refractivity contribution in [3.8, 4) is 17.2 Å². The molecule has 0 radical (unpaired) electrons. The highest BCUT2D eigenvalue weighted by Gasteiger charge is 2.15. The molecule has 32 heavy (non-hydrogen) atoms. The van der Waals surface area contributed by atoms with Crippen molar-refractivity contribution in [1.29, 1.82) is 0 Å². The van der Waals surface area contributed by atoms with Crippen molar-refractivity contribution >= 4 is 22.9 Å². The molecule has 0 N–H and O–H groups in total. The van der Waals surface area contributed by atoms with E-state index in [1.807, 2.05) is 6.92 Å². The summed E-state index contributed by atoms with van der Waals surface area (Å²) in [7, 11) is 0. The number of esters is 2. The Bertz CT molecular complexity index is 1300. The highest BCUT2D eigenvalue weighted by Crippen LogP contribution is 2.25. The van der Waals surface area contributed by atoms with Crippen LogP contribution in [0.15, 0.2) is 80.8 Å². The standard InChI is InChI=1S/C24H18O8/c1-2-11-29-23(26)15-5-7-16(8-6-15)31-21-14-30-20-13-17(9-10-18(20)22(21)25)32-24(27)19-4-3-12-28-19/h3-10,12-14H,2,11H2,1H3. The van der Waals surface area contributed by atoms with E-state index in [1.54, 1.807) is 30.3 Å². The smallest absolute Gasteiger partial charge is 0.379 e. The summed E-state index contributed by atoms with van der Waals surface area (Å²) in [5, 5.41) is 0.250. The Morgan fingerprint density at radius 1 is 0.938 bits per heavy atom. The van der Waals surface area contributed by atoms with Gasteiger partial charge in [-0.25, -0.2) is 9.59 Å². The van der Waals surface area contributed by atoms with Crippen LogP contribution in [-0.4, -0.2) is 18.5 Å². The highest BCUT2D eigenvalue weighted by molar-refractivity contribution is 5.90. The van der Waals surface area contributed by atoms with Crippen LogP contribution in [0.2, 0.25) is 0 Å². The largest absolute Gasteiger partial charge is 0.462 e. The zero-order chi connectivity index (χ0) is 22.5. The first-order valence-electron chi connectivity index (χ1n) is 9.81. The summed E-state index contributed by atoms with van der Waals surface area (Å²) in [5.41, 5.74) is 0.204. The summed E-state index contributed by atoms with van der Waals surface area (Å²) < 4.78 is 26.4. The highest BCUT2D eigenvalue weighted by atomic mass is 16.5. The molecule has 0 aliphatic heterocycles. The number of rotatable bonds is 7. The van der Waals surface area contributed by atoms with Gasteiger partial charge in [0.25, 0.3) is 0 Å². The first kappa shape index (κ1) is 20.9. The summed E-state index contributed by atoms with van der Waals surface area (Å²) in [5.74, 6) is -0.515. The second kappa shape index (κ2) is 9.22. The number of carbonyl (C=O) groups excluding carboxylic acids is 2. The molecular weight excluding hydrogens is 416 g/mol. The van der Waals surface area contributed by atoms with E-state index in [4.69, 9.17) is 23.0 Å². The average Bonchev–Trinajstić information content (AvgIpc) is 3.35. The Morgan fingerprint density at radius 2 is 1.72 bits per heavy atom. The zero-order valence-electron chi connectivity index (χ0n) is 17.0.